The van der Waals surface area contributed by atoms with Crippen molar-refractivity contribution >= 4 is 28.4 Å². The van der Waals surface area contributed by atoms with E-state index in [0.29, 0.717) is 0 Å². The number of rotatable bonds is 1. The number of nitrogens with zero attached hydrogens (tertiary/aromatic N) is 3. The van der Waals surface area contributed by atoms with Gasteiger partial charge in [0.1, 0.15) is 15.3 Å². The van der Waals surface area contributed by atoms with Crippen LogP contribution in [-0.4, -0.2) is 23.1 Å². The van der Waals surface area contributed by atoms with Crippen LogP contribution in [-0.2, 0) is 0 Å². The predicted octanol–water partition coefficient (Wildman–Crippen LogP) is 1.99. The minimum Gasteiger partial charge on any atom is -0.356 e. The largest absolute Gasteiger partial charge is 0.356 e. The molecule has 0 aliphatic carbocycles. The summed E-state index contributed by atoms with van der Waals surface area (Å²) in [5.74, 6) is 1.96. The van der Waals surface area contributed by atoms with E-state index < -0.39 is 0 Å². The number of aryl methyl sites for hydroxylation is 1. The fourth-order valence-corrected chi connectivity index (χ4v) is 2.25. The Labute approximate surface area is 91.7 Å². The second kappa shape index (κ2) is 3.77. The summed E-state index contributed by atoms with van der Waals surface area (Å²) >= 11 is 2.24. The van der Waals surface area contributed by atoms with Crippen LogP contribution in [0.4, 0.5) is 5.82 Å². The molecule has 0 unspecified atom stereocenters. The minimum absolute atomic E-state index is 0.869. The smallest absolute Gasteiger partial charge is 0.133 e. The molecule has 0 N–H and O–H groups in total. The molecule has 1 saturated heterocycles. The standard InChI is InChI=1S/C9H12IN3/c1-7-11-8(10)6-9(12-7)13-4-2-3-5-13/h6H,2-5H2,1H3. The molecule has 70 valence electrons. The van der Waals surface area contributed by atoms with Crippen molar-refractivity contribution in [3.8, 4) is 0 Å². The van der Waals surface area contributed by atoms with Crippen LogP contribution >= 0.6 is 22.6 Å². The van der Waals surface area contributed by atoms with Gasteiger partial charge in [0.25, 0.3) is 0 Å². The van der Waals surface area contributed by atoms with Crippen molar-refractivity contribution in [3.05, 3.63) is 15.6 Å². The van der Waals surface area contributed by atoms with E-state index in [4.69, 9.17) is 0 Å². The summed E-state index contributed by atoms with van der Waals surface area (Å²) < 4.78 is 1.03. The monoisotopic (exact) mass is 289 g/mol. The van der Waals surface area contributed by atoms with Crippen molar-refractivity contribution in [1.29, 1.82) is 0 Å². The quantitative estimate of drug-likeness (QED) is 0.585. The maximum Gasteiger partial charge on any atom is 0.133 e. The zero-order valence-electron chi connectivity index (χ0n) is 7.63. The van der Waals surface area contributed by atoms with Gasteiger partial charge in [-0.1, -0.05) is 0 Å². The van der Waals surface area contributed by atoms with Gasteiger partial charge in [0.2, 0.25) is 0 Å². The van der Waals surface area contributed by atoms with E-state index in [9.17, 15) is 0 Å². The number of halogens is 1. The molecule has 4 heteroatoms. The lowest BCUT2D eigenvalue weighted by Crippen LogP contribution is -2.19. The van der Waals surface area contributed by atoms with Crippen LogP contribution in [0.3, 0.4) is 0 Å². The SMILES string of the molecule is Cc1nc(I)cc(N2CCCC2)n1. The Bertz CT molecular complexity index is 287. The first-order chi connectivity index (χ1) is 6.25. The molecule has 1 aliphatic heterocycles. The first-order valence-corrected chi connectivity index (χ1v) is 5.60. The van der Waals surface area contributed by atoms with Gasteiger partial charge < -0.3 is 4.90 Å². The van der Waals surface area contributed by atoms with Gasteiger partial charge in [0, 0.05) is 19.2 Å². The Morgan fingerprint density at radius 1 is 1.31 bits per heavy atom. The topological polar surface area (TPSA) is 29.0 Å². The molecule has 2 heterocycles. The van der Waals surface area contributed by atoms with Gasteiger partial charge in [-0.2, -0.15) is 0 Å². The van der Waals surface area contributed by atoms with Crippen molar-refractivity contribution in [2.45, 2.75) is 19.8 Å². The van der Waals surface area contributed by atoms with Gasteiger partial charge in [0.15, 0.2) is 0 Å². The molecule has 0 radical (unpaired) electrons. The van der Waals surface area contributed by atoms with Crippen LogP contribution in [0.1, 0.15) is 18.7 Å². The minimum atomic E-state index is 0.869. The number of anilines is 1. The van der Waals surface area contributed by atoms with Gasteiger partial charge >= 0.3 is 0 Å². The van der Waals surface area contributed by atoms with Crippen LogP contribution in [0, 0.1) is 10.6 Å². The van der Waals surface area contributed by atoms with Crippen LogP contribution in [0.25, 0.3) is 0 Å². The second-order valence-corrected chi connectivity index (χ2v) is 4.40. The second-order valence-electron chi connectivity index (χ2n) is 3.29. The molecule has 3 nitrogen and oxygen atoms in total. The van der Waals surface area contributed by atoms with E-state index >= 15 is 0 Å². The third-order valence-corrected chi connectivity index (χ3v) is 2.78. The zero-order valence-corrected chi connectivity index (χ0v) is 9.78. The van der Waals surface area contributed by atoms with Crippen molar-refractivity contribution < 1.29 is 0 Å². The highest BCUT2D eigenvalue weighted by Crippen LogP contribution is 2.18. The number of hydrogen-bond donors (Lipinski definition) is 0. The Balaban J connectivity index is 2.28. The molecular weight excluding hydrogens is 277 g/mol. The van der Waals surface area contributed by atoms with Crippen molar-refractivity contribution in [2.24, 2.45) is 0 Å². The highest BCUT2D eigenvalue weighted by atomic mass is 127. The van der Waals surface area contributed by atoms with Crippen molar-refractivity contribution in [1.82, 2.24) is 9.97 Å². The molecule has 0 bridgehead atoms. The fraction of sp³-hybridized carbons (Fsp3) is 0.556. The van der Waals surface area contributed by atoms with E-state index in [1.807, 2.05) is 6.92 Å². The Hall–Kier alpha value is -0.390. The molecule has 13 heavy (non-hydrogen) atoms. The maximum atomic E-state index is 4.43. The Morgan fingerprint density at radius 2 is 2.00 bits per heavy atom. The third-order valence-electron chi connectivity index (χ3n) is 2.22. The summed E-state index contributed by atoms with van der Waals surface area (Å²) in [5, 5.41) is 0. The normalized spacial score (nSPS) is 16.6. The van der Waals surface area contributed by atoms with Crippen molar-refractivity contribution in [2.75, 3.05) is 18.0 Å². The lowest BCUT2D eigenvalue weighted by Gasteiger charge is -2.16. The van der Waals surface area contributed by atoms with Gasteiger partial charge in [-0.05, 0) is 42.4 Å². The van der Waals surface area contributed by atoms with Crippen LogP contribution in [0.5, 0.6) is 0 Å². The summed E-state index contributed by atoms with van der Waals surface area (Å²) in [6.45, 7) is 4.24. The van der Waals surface area contributed by atoms with E-state index in [1.54, 1.807) is 0 Å². The average molecular weight is 289 g/mol. The first-order valence-electron chi connectivity index (χ1n) is 4.52. The Kier molecular flexibility index (Phi) is 2.66. The lowest BCUT2D eigenvalue weighted by atomic mass is 10.4. The first kappa shape index (κ1) is 9.18. The molecule has 1 fully saturated rings. The van der Waals surface area contributed by atoms with Crippen LogP contribution in [0.15, 0.2) is 6.07 Å². The van der Waals surface area contributed by atoms with Crippen LogP contribution < -0.4 is 4.90 Å². The summed E-state index contributed by atoms with van der Waals surface area (Å²) in [6.07, 6.45) is 2.58. The van der Waals surface area contributed by atoms with E-state index in [0.717, 1.165) is 28.4 Å². The molecule has 0 amide bonds. The average Bonchev–Trinajstić information content (AvgIpc) is 2.53. The molecule has 1 aromatic rings. The third kappa shape index (κ3) is 2.10. The number of hydrogen-bond acceptors (Lipinski definition) is 3. The predicted molar refractivity (Wildman–Crippen MR) is 60.9 cm³/mol. The molecule has 0 atom stereocenters. The summed E-state index contributed by atoms with van der Waals surface area (Å²) in [6, 6.07) is 2.05. The highest BCUT2D eigenvalue weighted by molar-refractivity contribution is 14.1. The van der Waals surface area contributed by atoms with Crippen molar-refractivity contribution in [3.63, 3.8) is 0 Å². The van der Waals surface area contributed by atoms with E-state index in [2.05, 4.69) is 43.5 Å². The van der Waals surface area contributed by atoms with Gasteiger partial charge in [0.05, 0.1) is 0 Å². The zero-order chi connectivity index (χ0) is 9.26. The molecule has 2 rings (SSSR count). The molecular formula is C9H12IN3. The molecule has 0 saturated carbocycles. The van der Waals surface area contributed by atoms with Gasteiger partial charge in [-0.25, -0.2) is 9.97 Å². The Morgan fingerprint density at radius 3 is 2.62 bits per heavy atom. The summed E-state index contributed by atoms with van der Waals surface area (Å²) in [5.41, 5.74) is 0. The van der Waals surface area contributed by atoms with E-state index in [1.165, 1.54) is 12.8 Å². The number of aromatic nitrogens is 2. The van der Waals surface area contributed by atoms with Crippen LogP contribution in [0.2, 0.25) is 0 Å². The molecule has 1 aliphatic rings. The molecule has 1 aromatic heterocycles. The highest BCUT2D eigenvalue weighted by Gasteiger charge is 2.14. The summed E-state index contributed by atoms with van der Waals surface area (Å²) in [4.78, 5) is 11.0. The lowest BCUT2D eigenvalue weighted by molar-refractivity contribution is 0.904. The van der Waals surface area contributed by atoms with Gasteiger partial charge in [-0.3, -0.25) is 0 Å². The summed E-state index contributed by atoms with van der Waals surface area (Å²) in [7, 11) is 0. The molecule has 0 aromatic carbocycles. The van der Waals surface area contributed by atoms with E-state index in [-0.39, 0.29) is 0 Å². The fourth-order valence-electron chi connectivity index (χ4n) is 1.62. The van der Waals surface area contributed by atoms with Gasteiger partial charge in [-0.15, -0.1) is 0 Å². The molecule has 0 spiro atoms. The maximum absolute atomic E-state index is 4.43.